The van der Waals surface area contributed by atoms with Crippen LogP contribution in [0.25, 0.3) is 0 Å². The minimum atomic E-state index is -0.191. The summed E-state index contributed by atoms with van der Waals surface area (Å²) in [6, 6.07) is 5.72. The molecule has 0 bridgehead atoms. The van der Waals surface area contributed by atoms with Crippen molar-refractivity contribution in [1.29, 1.82) is 5.26 Å². The molecule has 1 aromatic heterocycles. The number of anilines is 1. The molecule has 0 aromatic carbocycles. The van der Waals surface area contributed by atoms with Crippen molar-refractivity contribution in [3.05, 3.63) is 23.4 Å². The Kier molecular flexibility index (Phi) is 3.47. The molecule has 1 unspecified atom stereocenters. The number of ether oxygens (including phenoxy) is 1. The molecular weight excluding hydrogens is 230 g/mol. The average molecular weight is 245 g/mol. The van der Waals surface area contributed by atoms with Crippen molar-refractivity contribution in [3.63, 3.8) is 0 Å². The highest BCUT2D eigenvalue weighted by atomic mass is 16.5. The molecule has 0 radical (unpaired) electrons. The molecule has 2 rings (SSSR count). The molecule has 0 amide bonds. The van der Waals surface area contributed by atoms with Crippen LogP contribution in [0, 0.1) is 24.2 Å². The van der Waals surface area contributed by atoms with Gasteiger partial charge < -0.3 is 9.64 Å². The highest BCUT2D eigenvalue weighted by molar-refractivity contribution is 5.74. The molecule has 2 heterocycles. The van der Waals surface area contributed by atoms with Crippen molar-refractivity contribution in [2.45, 2.75) is 13.3 Å². The number of aromatic nitrogens is 1. The maximum Gasteiger partial charge on any atom is 0.310 e. The lowest BCUT2D eigenvalue weighted by atomic mass is 10.1. The summed E-state index contributed by atoms with van der Waals surface area (Å²) in [6.07, 6.45) is 0.743. The van der Waals surface area contributed by atoms with Gasteiger partial charge >= 0.3 is 5.97 Å². The predicted molar refractivity (Wildman–Crippen MR) is 66.0 cm³/mol. The number of aryl methyl sites for hydroxylation is 1. The molecule has 1 aliphatic heterocycles. The molecule has 5 heteroatoms. The van der Waals surface area contributed by atoms with Crippen LogP contribution in [0.3, 0.4) is 0 Å². The fourth-order valence-electron chi connectivity index (χ4n) is 2.18. The maximum atomic E-state index is 11.5. The van der Waals surface area contributed by atoms with Crippen LogP contribution in [0.2, 0.25) is 0 Å². The van der Waals surface area contributed by atoms with E-state index in [9.17, 15) is 4.79 Å². The van der Waals surface area contributed by atoms with Crippen LogP contribution < -0.4 is 4.90 Å². The van der Waals surface area contributed by atoms with E-state index in [4.69, 9.17) is 10.00 Å². The van der Waals surface area contributed by atoms with Gasteiger partial charge in [-0.1, -0.05) is 0 Å². The first-order valence-corrected chi connectivity index (χ1v) is 5.86. The van der Waals surface area contributed by atoms with E-state index >= 15 is 0 Å². The van der Waals surface area contributed by atoms with Crippen molar-refractivity contribution >= 4 is 11.8 Å². The number of rotatable bonds is 2. The molecular formula is C13H15N3O2. The third kappa shape index (κ3) is 2.28. The highest BCUT2D eigenvalue weighted by Crippen LogP contribution is 2.25. The normalized spacial score (nSPS) is 18.5. The van der Waals surface area contributed by atoms with Gasteiger partial charge in [0.05, 0.1) is 18.6 Å². The second-order valence-electron chi connectivity index (χ2n) is 4.39. The first kappa shape index (κ1) is 12.4. The molecule has 5 nitrogen and oxygen atoms in total. The molecule has 0 spiro atoms. The molecule has 0 N–H and O–H groups in total. The molecule has 0 saturated carbocycles. The maximum absolute atomic E-state index is 11.5. The fourth-order valence-corrected chi connectivity index (χ4v) is 2.18. The smallest absolute Gasteiger partial charge is 0.310 e. The zero-order valence-corrected chi connectivity index (χ0v) is 10.5. The number of hydrogen-bond acceptors (Lipinski definition) is 5. The van der Waals surface area contributed by atoms with E-state index in [0.717, 1.165) is 18.7 Å². The van der Waals surface area contributed by atoms with Crippen molar-refractivity contribution in [3.8, 4) is 6.07 Å². The second kappa shape index (κ2) is 5.05. The second-order valence-corrected chi connectivity index (χ2v) is 4.39. The summed E-state index contributed by atoms with van der Waals surface area (Å²) in [4.78, 5) is 17.9. The molecule has 1 saturated heterocycles. The summed E-state index contributed by atoms with van der Waals surface area (Å²) in [7, 11) is 1.40. The number of nitriles is 1. The van der Waals surface area contributed by atoms with Gasteiger partial charge in [-0.25, -0.2) is 4.98 Å². The third-order valence-corrected chi connectivity index (χ3v) is 3.16. The Hall–Kier alpha value is -2.09. The van der Waals surface area contributed by atoms with Gasteiger partial charge in [-0.05, 0) is 25.5 Å². The lowest BCUT2D eigenvalue weighted by Crippen LogP contribution is -2.25. The van der Waals surface area contributed by atoms with Crippen LogP contribution in [-0.2, 0) is 9.53 Å². The predicted octanol–water partition coefficient (Wildman–Crippen LogP) is 1.26. The largest absolute Gasteiger partial charge is 0.469 e. The zero-order valence-electron chi connectivity index (χ0n) is 10.5. The van der Waals surface area contributed by atoms with E-state index in [2.05, 4.69) is 11.1 Å². The van der Waals surface area contributed by atoms with E-state index in [1.54, 1.807) is 6.07 Å². The topological polar surface area (TPSA) is 66.2 Å². The third-order valence-electron chi connectivity index (χ3n) is 3.16. The van der Waals surface area contributed by atoms with Crippen LogP contribution in [0.5, 0.6) is 0 Å². The Bertz CT molecular complexity index is 507. The van der Waals surface area contributed by atoms with Gasteiger partial charge in [-0.3, -0.25) is 4.79 Å². The van der Waals surface area contributed by atoms with Crippen molar-refractivity contribution < 1.29 is 9.53 Å². The minimum absolute atomic E-state index is 0.121. The van der Waals surface area contributed by atoms with E-state index in [1.807, 2.05) is 17.9 Å². The molecule has 1 atom stereocenters. The van der Waals surface area contributed by atoms with Crippen LogP contribution in [0.1, 0.15) is 17.7 Å². The lowest BCUT2D eigenvalue weighted by Gasteiger charge is -2.18. The molecule has 1 aliphatic rings. The summed E-state index contributed by atoms with van der Waals surface area (Å²) >= 11 is 0. The van der Waals surface area contributed by atoms with E-state index in [1.165, 1.54) is 7.11 Å². The molecule has 94 valence electrons. The Morgan fingerprint density at radius 3 is 3.06 bits per heavy atom. The van der Waals surface area contributed by atoms with Gasteiger partial charge in [0.1, 0.15) is 11.9 Å². The number of carbonyl (C=O) groups is 1. The summed E-state index contributed by atoms with van der Waals surface area (Å²) in [5, 5.41) is 9.08. The Morgan fingerprint density at radius 1 is 1.61 bits per heavy atom. The number of nitrogens with zero attached hydrogens (tertiary/aromatic N) is 3. The van der Waals surface area contributed by atoms with E-state index < -0.39 is 0 Å². The summed E-state index contributed by atoms with van der Waals surface area (Å²) in [5.41, 5.74) is 1.41. The Morgan fingerprint density at radius 2 is 2.39 bits per heavy atom. The summed E-state index contributed by atoms with van der Waals surface area (Å²) in [5.74, 6) is 0.358. The van der Waals surface area contributed by atoms with Crippen molar-refractivity contribution in [2.24, 2.45) is 5.92 Å². The summed E-state index contributed by atoms with van der Waals surface area (Å²) in [6.45, 7) is 3.18. The Balaban J connectivity index is 2.22. The number of hydrogen-bond donors (Lipinski definition) is 0. The molecule has 1 aromatic rings. The van der Waals surface area contributed by atoms with Crippen LogP contribution >= 0.6 is 0 Å². The van der Waals surface area contributed by atoms with Crippen LogP contribution in [0.15, 0.2) is 12.1 Å². The first-order valence-electron chi connectivity index (χ1n) is 5.86. The Labute approximate surface area is 106 Å². The lowest BCUT2D eigenvalue weighted by molar-refractivity contribution is -0.144. The average Bonchev–Trinajstić information content (AvgIpc) is 2.87. The van der Waals surface area contributed by atoms with Crippen LogP contribution in [-0.4, -0.2) is 31.2 Å². The molecule has 18 heavy (non-hydrogen) atoms. The van der Waals surface area contributed by atoms with Gasteiger partial charge in [0, 0.05) is 18.8 Å². The number of methoxy groups -OCH3 is 1. The van der Waals surface area contributed by atoms with Crippen molar-refractivity contribution in [2.75, 3.05) is 25.1 Å². The number of esters is 1. The van der Waals surface area contributed by atoms with E-state index in [-0.39, 0.29) is 11.9 Å². The molecule has 0 aliphatic carbocycles. The number of pyridine rings is 1. The summed E-state index contributed by atoms with van der Waals surface area (Å²) < 4.78 is 4.75. The quantitative estimate of drug-likeness (QED) is 0.734. The van der Waals surface area contributed by atoms with Gasteiger partial charge in [0.15, 0.2) is 0 Å². The fraction of sp³-hybridized carbons (Fsp3) is 0.462. The van der Waals surface area contributed by atoms with Gasteiger partial charge in [0.25, 0.3) is 0 Å². The van der Waals surface area contributed by atoms with Gasteiger partial charge in [-0.15, -0.1) is 0 Å². The first-order chi connectivity index (χ1) is 8.65. The van der Waals surface area contributed by atoms with E-state index in [0.29, 0.717) is 17.9 Å². The van der Waals surface area contributed by atoms with Gasteiger partial charge in [-0.2, -0.15) is 5.26 Å². The zero-order chi connectivity index (χ0) is 13.1. The van der Waals surface area contributed by atoms with Gasteiger partial charge in [0.2, 0.25) is 0 Å². The number of carbonyl (C=O) groups excluding carboxylic acids is 1. The minimum Gasteiger partial charge on any atom is -0.469 e. The van der Waals surface area contributed by atoms with Crippen LogP contribution in [0.4, 0.5) is 5.82 Å². The SMILES string of the molecule is COC(=O)C1CCN(c2nc(C)ccc2C#N)C1. The van der Waals surface area contributed by atoms with Crippen molar-refractivity contribution in [1.82, 2.24) is 4.98 Å². The standard InChI is InChI=1S/C13H15N3O2/c1-9-3-4-10(7-14)12(15-9)16-6-5-11(8-16)13(17)18-2/h3-4,11H,5-6,8H2,1-2H3. The molecule has 1 fully saturated rings. The highest BCUT2D eigenvalue weighted by Gasteiger charge is 2.30. The monoisotopic (exact) mass is 245 g/mol.